The molecule has 0 spiro atoms. The van der Waals surface area contributed by atoms with Crippen molar-refractivity contribution < 1.29 is 9.59 Å². The molecule has 1 saturated heterocycles. The summed E-state index contributed by atoms with van der Waals surface area (Å²) in [4.78, 5) is 25.5. The lowest BCUT2D eigenvalue weighted by molar-refractivity contribution is -0.130. The lowest BCUT2D eigenvalue weighted by Crippen LogP contribution is -2.48. The molecule has 2 rings (SSSR count). The Morgan fingerprint density at radius 1 is 1.20 bits per heavy atom. The van der Waals surface area contributed by atoms with Crippen molar-refractivity contribution in [3.63, 3.8) is 0 Å². The molecular formula is C20H31N3O2. The summed E-state index contributed by atoms with van der Waals surface area (Å²) in [5, 5.41) is 6.52. The Bertz CT molecular complexity index is 592. The van der Waals surface area contributed by atoms with Crippen LogP contribution in [0.5, 0.6) is 0 Å². The van der Waals surface area contributed by atoms with Gasteiger partial charge < -0.3 is 15.5 Å². The van der Waals surface area contributed by atoms with E-state index in [2.05, 4.69) is 43.5 Å². The van der Waals surface area contributed by atoms with Crippen LogP contribution < -0.4 is 10.6 Å². The highest BCUT2D eigenvalue weighted by molar-refractivity contribution is 5.78. The quantitative estimate of drug-likeness (QED) is 0.832. The molecule has 5 nitrogen and oxygen atoms in total. The summed E-state index contributed by atoms with van der Waals surface area (Å²) in [7, 11) is 0. The number of nitrogens with zero attached hydrogens (tertiary/aromatic N) is 1. The van der Waals surface area contributed by atoms with Gasteiger partial charge in [-0.3, -0.25) is 9.59 Å². The Morgan fingerprint density at radius 2 is 1.84 bits per heavy atom. The van der Waals surface area contributed by atoms with Crippen molar-refractivity contribution in [1.29, 1.82) is 0 Å². The van der Waals surface area contributed by atoms with Crippen LogP contribution in [0.3, 0.4) is 0 Å². The normalized spacial score (nSPS) is 16.8. The lowest BCUT2D eigenvalue weighted by atomic mass is 9.92. The average Bonchev–Trinajstić information content (AvgIpc) is 2.56. The minimum Gasteiger partial charge on any atom is -0.352 e. The van der Waals surface area contributed by atoms with Crippen molar-refractivity contribution in [3.8, 4) is 0 Å². The van der Waals surface area contributed by atoms with Gasteiger partial charge in [-0.2, -0.15) is 0 Å². The predicted octanol–water partition coefficient (Wildman–Crippen LogP) is 2.41. The van der Waals surface area contributed by atoms with Gasteiger partial charge in [0.2, 0.25) is 11.8 Å². The molecule has 0 aromatic heterocycles. The number of likely N-dealkylation sites (tertiary alicyclic amines) is 1. The molecule has 25 heavy (non-hydrogen) atoms. The summed E-state index contributed by atoms with van der Waals surface area (Å²) >= 11 is 0. The Kier molecular flexibility index (Phi) is 7.00. The average molecular weight is 345 g/mol. The van der Waals surface area contributed by atoms with E-state index >= 15 is 0 Å². The van der Waals surface area contributed by atoms with E-state index < -0.39 is 0 Å². The number of hydrogen-bond acceptors (Lipinski definition) is 3. The summed E-state index contributed by atoms with van der Waals surface area (Å²) < 4.78 is 0. The number of amides is 2. The van der Waals surface area contributed by atoms with Gasteiger partial charge in [-0.25, -0.2) is 0 Å². The van der Waals surface area contributed by atoms with E-state index in [0.717, 1.165) is 25.9 Å². The van der Waals surface area contributed by atoms with Crippen LogP contribution in [0.4, 0.5) is 0 Å². The van der Waals surface area contributed by atoms with Crippen LogP contribution in [0.1, 0.15) is 50.8 Å². The molecule has 0 radical (unpaired) electrons. The molecule has 1 aliphatic rings. The van der Waals surface area contributed by atoms with Crippen LogP contribution in [-0.2, 0) is 9.59 Å². The highest BCUT2D eigenvalue weighted by atomic mass is 16.2. The predicted molar refractivity (Wildman–Crippen MR) is 100 cm³/mol. The maximum atomic E-state index is 12.3. The summed E-state index contributed by atoms with van der Waals surface area (Å²) in [6.07, 6.45) is 1.66. The van der Waals surface area contributed by atoms with Gasteiger partial charge in [0.15, 0.2) is 0 Å². The van der Waals surface area contributed by atoms with Crippen LogP contribution in [-0.4, -0.2) is 42.4 Å². The molecule has 1 atom stereocenters. The van der Waals surface area contributed by atoms with Crippen LogP contribution >= 0.6 is 0 Å². The fourth-order valence-electron chi connectivity index (χ4n) is 3.46. The second kappa shape index (κ2) is 8.99. The maximum Gasteiger partial charge on any atom is 0.234 e. The fraction of sp³-hybridized carbons (Fsp3) is 0.600. The van der Waals surface area contributed by atoms with E-state index in [9.17, 15) is 9.59 Å². The van der Waals surface area contributed by atoms with E-state index in [1.807, 2.05) is 17.0 Å². The van der Waals surface area contributed by atoms with Gasteiger partial charge in [-0.05, 0) is 36.8 Å². The number of aryl methyl sites for hydroxylation is 1. The number of piperidine rings is 1. The zero-order chi connectivity index (χ0) is 18.4. The molecule has 1 aliphatic heterocycles. The molecule has 2 amide bonds. The highest BCUT2D eigenvalue weighted by Crippen LogP contribution is 2.24. The first-order chi connectivity index (χ1) is 11.9. The number of rotatable bonds is 6. The van der Waals surface area contributed by atoms with Gasteiger partial charge in [0, 0.05) is 32.1 Å². The van der Waals surface area contributed by atoms with Crippen LogP contribution in [0.15, 0.2) is 24.3 Å². The summed E-state index contributed by atoms with van der Waals surface area (Å²) in [5.74, 6) is 0.540. The molecule has 1 aromatic rings. The first-order valence-electron chi connectivity index (χ1n) is 9.22. The van der Waals surface area contributed by atoms with Crippen LogP contribution in [0.25, 0.3) is 0 Å². The molecule has 1 heterocycles. The number of nitrogens with one attached hydrogen (secondary N) is 2. The van der Waals surface area contributed by atoms with Crippen molar-refractivity contribution in [2.24, 2.45) is 5.92 Å². The Balaban J connectivity index is 1.84. The summed E-state index contributed by atoms with van der Waals surface area (Å²) in [6.45, 7) is 9.80. The third-order valence-corrected chi connectivity index (χ3v) is 4.98. The highest BCUT2D eigenvalue weighted by Gasteiger charge is 2.23. The zero-order valence-corrected chi connectivity index (χ0v) is 15.8. The van der Waals surface area contributed by atoms with Gasteiger partial charge in [-0.15, -0.1) is 0 Å². The molecule has 138 valence electrons. The van der Waals surface area contributed by atoms with E-state index in [-0.39, 0.29) is 23.9 Å². The number of carbonyl (C=O) groups excluding carboxylic acids is 2. The van der Waals surface area contributed by atoms with Crippen LogP contribution in [0.2, 0.25) is 0 Å². The smallest absolute Gasteiger partial charge is 0.234 e. The Morgan fingerprint density at radius 3 is 2.40 bits per heavy atom. The Hall–Kier alpha value is -1.88. The largest absolute Gasteiger partial charge is 0.352 e. The standard InChI is InChI=1S/C20H31N3O2/c1-14(2)20(18-8-6-5-7-15(18)3)21-13-19(25)22-17-9-11-23(12-10-17)16(4)24/h5-8,14,17,20-21H,9-13H2,1-4H3,(H,22,25). The third kappa shape index (κ3) is 5.56. The van der Waals surface area contributed by atoms with E-state index in [0.29, 0.717) is 12.5 Å². The van der Waals surface area contributed by atoms with Gasteiger partial charge in [0.25, 0.3) is 0 Å². The molecule has 1 fully saturated rings. The molecule has 0 aliphatic carbocycles. The summed E-state index contributed by atoms with van der Waals surface area (Å²) in [5.41, 5.74) is 2.49. The van der Waals surface area contributed by atoms with Gasteiger partial charge in [-0.1, -0.05) is 38.1 Å². The molecule has 0 bridgehead atoms. The monoisotopic (exact) mass is 345 g/mol. The second-order valence-corrected chi connectivity index (χ2v) is 7.31. The first kappa shape index (κ1) is 19.4. The minimum absolute atomic E-state index is 0.0282. The third-order valence-electron chi connectivity index (χ3n) is 4.98. The number of hydrogen-bond donors (Lipinski definition) is 2. The number of carbonyl (C=O) groups is 2. The van der Waals surface area contributed by atoms with Gasteiger partial charge >= 0.3 is 0 Å². The zero-order valence-electron chi connectivity index (χ0n) is 15.8. The molecule has 0 saturated carbocycles. The summed E-state index contributed by atoms with van der Waals surface area (Å²) in [6, 6.07) is 8.64. The van der Waals surface area contributed by atoms with Crippen molar-refractivity contribution in [1.82, 2.24) is 15.5 Å². The van der Waals surface area contributed by atoms with E-state index in [4.69, 9.17) is 0 Å². The van der Waals surface area contributed by atoms with Crippen molar-refractivity contribution in [2.45, 2.75) is 52.6 Å². The second-order valence-electron chi connectivity index (χ2n) is 7.31. The molecule has 5 heteroatoms. The van der Waals surface area contributed by atoms with Gasteiger partial charge in [0.1, 0.15) is 0 Å². The molecule has 2 N–H and O–H groups in total. The number of benzene rings is 1. The van der Waals surface area contributed by atoms with Crippen molar-refractivity contribution in [3.05, 3.63) is 35.4 Å². The lowest BCUT2D eigenvalue weighted by Gasteiger charge is -2.32. The molecule has 1 aromatic carbocycles. The fourth-order valence-corrected chi connectivity index (χ4v) is 3.46. The minimum atomic E-state index is 0.0282. The van der Waals surface area contributed by atoms with E-state index in [1.54, 1.807) is 6.92 Å². The first-order valence-corrected chi connectivity index (χ1v) is 9.22. The van der Waals surface area contributed by atoms with E-state index in [1.165, 1.54) is 11.1 Å². The van der Waals surface area contributed by atoms with Crippen LogP contribution in [0, 0.1) is 12.8 Å². The molecular weight excluding hydrogens is 314 g/mol. The van der Waals surface area contributed by atoms with Gasteiger partial charge in [0.05, 0.1) is 6.54 Å². The Labute approximate surface area is 151 Å². The maximum absolute atomic E-state index is 12.3. The van der Waals surface area contributed by atoms with Crippen molar-refractivity contribution >= 4 is 11.8 Å². The molecule has 1 unspecified atom stereocenters. The topological polar surface area (TPSA) is 61.4 Å². The van der Waals surface area contributed by atoms with Crippen molar-refractivity contribution in [2.75, 3.05) is 19.6 Å². The SMILES string of the molecule is CC(=O)N1CCC(NC(=O)CNC(c2ccccc2C)C(C)C)CC1.